The molecule has 0 radical (unpaired) electrons. The largest absolute Gasteiger partial charge is 0.314 e. The van der Waals surface area contributed by atoms with Crippen molar-refractivity contribution in [1.29, 1.82) is 0 Å². The molecular weight excluding hydrogens is 296 g/mol. The molecule has 0 aromatic heterocycles. The van der Waals surface area contributed by atoms with Crippen molar-refractivity contribution in [2.75, 3.05) is 6.54 Å². The topological polar surface area (TPSA) is 58.2 Å². The maximum absolute atomic E-state index is 12.3. The van der Waals surface area contributed by atoms with Crippen molar-refractivity contribution >= 4 is 22.4 Å². The molecule has 0 amide bonds. The Labute approximate surface area is 127 Å². The number of hydrogen-bond acceptors (Lipinski definition) is 3. The summed E-state index contributed by atoms with van der Waals surface area (Å²) in [5.41, 5.74) is 1.04. The van der Waals surface area contributed by atoms with Gasteiger partial charge >= 0.3 is 0 Å². The second-order valence-corrected chi connectivity index (χ2v) is 6.91. The highest BCUT2D eigenvalue weighted by Crippen LogP contribution is 2.15. The summed E-state index contributed by atoms with van der Waals surface area (Å²) in [7, 11) is -3.39. The van der Waals surface area contributed by atoms with Gasteiger partial charge in [-0.3, -0.25) is 0 Å². The average Bonchev–Trinajstić information content (AvgIpc) is 2.38. The molecule has 0 spiro atoms. The van der Waals surface area contributed by atoms with Crippen LogP contribution in [0.15, 0.2) is 29.2 Å². The minimum absolute atomic E-state index is 0. The molecule has 2 N–H and O–H groups in total. The van der Waals surface area contributed by atoms with Crippen LogP contribution in [0.2, 0.25) is 0 Å². The Kier molecular flexibility index (Phi) is 6.45. The van der Waals surface area contributed by atoms with Gasteiger partial charge in [-0.25, -0.2) is 13.1 Å². The predicted octanol–water partition coefficient (Wildman–Crippen LogP) is 2.09. The number of halogens is 1. The second kappa shape index (κ2) is 7.41. The molecule has 1 fully saturated rings. The standard InChI is InChI=1S/C14H22N2O2S.ClH/c1-3-12-5-4-6-14(10-12)19(17,18)16-13-7-8-15-11(2)9-13;/h4-6,10-11,13,15-16H,3,7-9H2,1-2H3;1H. The van der Waals surface area contributed by atoms with Crippen LogP contribution in [0, 0.1) is 0 Å². The first-order valence-electron chi connectivity index (χ1n) is 6.86. The van der Waals surface area contributed by atoms with Gasteiger partial charge in [-0.15, -0.1) is 12.4 Å². The van der Waals surface area contributed by atoms with Crippen LogP contribution in [0.1, 0.15) is 32.3 Å². The molecule has 1 aromatic carbocycles. The van der Waals surface area contributed by atoms with Gasteiger partial charge in [0, 0.05) is 12.1 Å². The molecular formula is C14H23ClN2O2S. The summed E-state index contributed by atoms with van der Waals surface area (Å²) in [6.07, 6.45) is 2.53. The maximum Gasteiger partial charge on any atom is 0.240 e. The number of hydrogen-bond donors (Lipinski definition) is 2. The first-order chi connectivity index (χ1) is 9.01. The van der Waals surface area contributed by atoms with Crippen LogP contribution in [0.4, 0.5) is 0 Å². The van der Waals surface area contributed by atoms with Crippen molar-refractivity contribution in [2.45, 2.75) is 50.1 Å². The Balaban J connectivity index is 0.00000200. The van der Waals surface area contributed by atoms with Gasteiger partial charge in [-0.05, 0) is 50.4 Å². The molecule has 4 nitrogen and oxygen atoms in total. The van der Waals surface area contributed by atoms with Gasteiger partial charge < -0.3 is 5.32 Å². The van der Waals surface area contributed by atoms with E-state index in [1.54, 1.807) is 18.2 Å². The third-order valence-corrected chi connectivity index (χ3v) is 5.08. The summed E-state index contributed by atoms with van der Waals surface area (Å²) in [6, 6.07) is 7.57. The van der Waals surface area contributed by atoms with E-state index >= 15 is 0 Å². The summed E-state index contributed by atoms with van der Waals surface area (Å²) in [4.78, 5) is 0.373. The third-order valence-electron chi connectivity index (χ3n) is 3.56. The number of sulfonamides is 1. The quantitative estimate of drug-likeness (QED) is 0.893. The summed E-state index contributed by atoms with van der Waals surface area (Å²) in [5.74, 6) is 0. The molecule has 114 valence electrons. The van der Waals surface area contributed by atoms with Crippen LogP contribution < -0.4 is 10.0 Å². The van der Waals surface area contributed by atoms with Crippen molar-refractivity contribution in [3.05, 3.63) is 29.8 Å². The molecule has 1 aliphatic heterocycles. The van der Waals surface area contributed by atoms with Crippen molar-refractivity contribution < 1.29 is 8.42 Å². The van der Waals surface area contributed by atoms with Crippen LogP contribution in [-0.2, 0) is 16.4 Å². The molecule has 1 aliphatic rings. The normalized spacial score (nSPS) is 23.1. The highest BCUT2D eigenvalue weighted by Gasteiger charge is 2.24. The fourth-order valence-electron chi connectivity index (χ4n) is 2.46. The molecule has 1 heterocycles. The van der Waals surface area contributed by atoms with E-state index in [1.807, 2.05) is 13.0 Å². The van der Waals surface area contributed by atoms with Crippen LogP contribution in [0.3, 0.4) is 0 Å². The minimum atomic E-state index is -3.39. The lowest BCUT2D eigenvalue weighted by molar-refractivity contribution is 0.361. The molecule has 6 heteroatoms. The van der Waals surface area contributed by atoms with Gasteiger partial charge in [-0.2, -0.15) is 0 Å². The lowest BCUT2D eigenvalue weighted by atomic mass is 10.0. The van der Waals surface area contributed by atoms with E-state index in [-0.39, 0.29) is 18.4 Å². The number of piperidine rings is 1. The molecule has 2 rings (SSSR count). The van der Waals surface area contributed by atoms with E-state index in [1.165, 1.54) is 0 Å². The van der Waals surface area contributed by atoms with Crippen LogP contribution in [0.5, 0.6) is 0 Å². The van der Waals surface area contributed by atoms with Gasteiger partial charge in [0.1, 0.15) is 0 Å². The molecule has 2 atom stereocenters. The fraction of sp³-hybridized carbons (Fsp3) is 0.571. The molecule has 2 unspecified atom stereocenters. The maximum atomic E-state index is 12.3. The lowest BCUT2D eigenvalue weighted by Crippen LogP contribution is -2.46. The SMILES string of the molecule is CCc1cccc(S(=O)(=O)NC2CCNC(C)C2)c1.Cl. The smallest absolute Gasteiger partial charge is 0.240 e. The van der Waals surface area contributed by atoms with Crippen LogP contribution in [0.25, 0.3) is 0 Å². The van der Waals surface area contributed by atoms with E-state index in [2.05, 4.69) is 17.0 Å². The van der Waals surface area contributed by atoms with Crippen molar-refractivity contribution in [1.82, 2.24) is 10.0 Å². The molecule has 1 saturated heterocycles. The van der Waals surface area contributed by atoms with Crippen molar-refractivity contribution in [3.63, 3.8) is 0 Å². The van der Waals surface area contributed by atoms with Crippen LogP contribution in [-0.4, -0.2) is 27.0 Å². The van der Waals surface area contributed by atoms with E-state index in [0.717, 1.165) is 31.4 Å². The first kappa shape index (κ1) is 17.4. The molecule has 0 aliphatic carbocycles. The third kappa shape index (κ3) is 4.45. The summed E-state index contributed by atoms with van der Waals surface area (Å²) in [5, 5.41) is 3.32. The Hall–Kier alpha value is -0.620. The van der Waals surface area contributed by atoms with Gasteiger partial charge in [0.05, 0.1) is 4.90 Å². The van der Waals surface area contributed by atoms with Crippen molar-refractivity contribution in [2.24, 2.45) is 0 Å². The van der Waals surface area contributed by atoms with Gasteiger partial charge in [-0.1, -0.05) is 19.1 Å². The fourth-order valence-corrected chi connectivity index (χ4v) is 3.81. The van der Waals surface area contributed by atoms with Crippen molar-refractivity contribution in [3.8, 4) is 0 Å². The second-order valence-electron chi connectivity index (χ2n) is 5.20. The zero-order chi connectivity index (χ0) is 13.9. The number of rotatable bonds is 4. The van der Waals surface area contributed by atoms with Gasteiger partial charge in [0.2, 0.25) is 10.0 Å². The number of nitrogens with one attached hydrogen (secondary N) is 2. The molecule has 1 aromatic rings. The minimum Gasteiger partial charge on any atom is -0.314 e. The van der Waals surface area contributed by atoms with Gasteiger partial charge in [0.25, 0.3) is 0 Å². The number of aryl methyl sites for hydroxylation is 1. The summed E-state index contributed by atoms with van der Waals surface area (Å²) < 4.78 is 27.5. The Bertz CT molecular complexity index is 534. The summed E-state index contributed by atoms with van der Waals surface area (Å²) >= 11 is 0. The van der Waals surface area contributed by atoms with Crippen LogP contribution >= 0.6 is 12.4 Å². The average molecular weight is 319 g/mol. The Morgan fingerprint density at radius 3 is 2.80 bits per heavy atom. The molecule has 20 heavy (non-hydrogen) atoms. The van der Waals surface area contributed by atoms with E-state index in [9.17, 15) is 8.42 Å². The zero-order valence-corrected chi connectivity index (χ0v) is 13.6. The van der Waals surface area contributed by atoms with Gasteiger partial charge in [0.15, 0.2) is 0 Å². The monoisotopic (exact) mass is 318 g/mol. The zero-order valence-electron chi connectivity index (χ0n) is 11.9. The first-order valence-corrected chi connectivity index (χ1v) is 8.34. The Morgan fingerprint density at radius 2 is 2.15 bits per heavy atom. The van der Waals surface area contributed by atoms with E-state index in [4.69, 9.17) is 0 Å². The summed E-state index contributed by atoms with van der Waals surface area (Å²) in [6.45, 7) is 4.97. The highest BCUT2D eigenvalue weighted by atomic mass is 35.5. The molecule has 0 bridgehead atoms. The number of benzene rings is 1. The predicted molar refractivity (Wildman–Crippen MR) is 83.9 cm³/mol. The molecule has 0 saturated carbocycles. The van der Waals surface area contributed by atoms with E-state index < -0.39 is 10.0 Å². The van der Waals surface area contributed by atoms with E-state index in [0.29, 0.717) is 10.9 Å². The highest BCUT2D eigenvalue weighted by molar-refractivity contribution is 7.89. The lowest BCUT2D eigenvalue weighted by Gasteiger charge is -2.28. The Morgan fingerprint density at radius 1 is 1.40 bits per heavy atom.